The third-order valence-electron chi connectivity index (χ3n) is 4.93. The molecule has 3 heterocycles. The SMILES string of the molecule is COc1ccc(N2C(=O)/C(=C\c3cccs3)N=C2SCC(=O)NC[C@@H]2CCCO2)cc1Cl. The first kappa shape index (κ1) is 22.8. The number of amidine groups is 1. The molecule has 1 N–H and O–H groups in total. The van der Waals surface area contributed by atoms with Gasteiger partial charge in [-0.05, 0) is 48.6 Å². The van der Waals surface area contributed by atoms with E-state index < -0.39 is 0 Å². The van der Waals surface area contributed by atoms with Crippen molar-refractivity contribution in [3.63, 3.8) is 0 Å². The van der Waals surface area contributed by atoms with Gasteiger partial charge < -0.3 is 14.8 Å². The second-order valence-electron chi connectivity index (χ2n) is 7.13. The summed E-state index contributed by atoms with van der Waals surface area (Å²) >= 11 is 9.01. The van der Waals surface area contributed by atoms with Gasteiger partial charge in [0, 0.05) is 18.0 Å². The summed E-state index contributed by atoms with van der Waals surface area (Å²) in [6.45, 7) is 1.24. The number of aliphatic imine (C=N–C) groups is 1. The van der Waals surface area contributed by atoms with Gasteiger partial charge in [0.25, 0.3) is 5.91 Å². The van der Waals surface area contributed by atoms with E-state index in [-0.39, 0.29) is 23.7 Å². The highest BCUT2D eigenvalue weighted by atomic mass is 35.5. The number of rotatable bonds is 7. The number of benzene rings is 1. The van der Waals surface area contributed by atoms with Crippen LogP contribution in [0.2, 0.25) is 5.02 Å². The maximum atomic E-state index is 13.2. The second-order valence-corrected chi connectivity index (χ2v) is 9.46. The number of ether oxygens (including phenoxy) is 2. The van der Waals surface area contributed by atoms with Gasteiger partial charge in [-0.2, -0.15) is 0 Å². The molecule has 2 aliphatic heterocycles. The van der Waals surface area contributed by atoms with Crippen molar-refractivity contribution in [3.05, 3.63) is 51.3 Å². The van der Waals surface area contributed by atoms with Crippen molar-refractivity contribution in [1.82, 2.24) is 5.32 Å². The lowest BCUT2D eigenvalue weighted by molar-refractivity contribution is -0.119. The van der Waals surface area contributed by atoms with E-state index in [0.29, 0.717) is 33.9 Å². The summed E-state index contributed by atoms with van der Waals surface area (Å²) in [5.41, 5.74) is 0.864. The third kappa shape index (κ3) is 5.35. The summed E-state index contributed by atoms with van der Waals surface area (Å²) in [6, 6.07) is 8.92. The Morgan fingerprint density at radius 3 is 3.03 bits per heavy atom. The van der Waals surface area contributed by atoms with Crippen LogP contribution in [0.5, 0.6) is 5.75 Å². The first-order valence-electron chi connectivity index (χ1n) is 10.1. The Morgan fingerprint density at radius 1 is 1.47 bits per heavy atom. The number of hydrogen-bond donors (Lipinski definition) is 1. The molecular formula is C22H22ClN3O4S2. The fourth-order valence-electron chi connectivity index (χ4n) is 3.34. The molecule has 1 saturated heterocycles. The molecule has 0 aliphatic carbocycles. The number of anilines is 1. The minimum atomic E-state index is -0.276. The predicted octanol–water partition coefficient (Wildman–Crippen LogP) is 4.18. The number of halogens is 1. The highest BCUT2D eigenvalue weighted by molar-refractivity contribution is 8.14. The van der Waals surface area contributed by atoms with E-state index in [4.69, 9.17) is 21.1 Å². The van der Waals surface area contributed by atoms with Gasteiger partial charge in [0.1, 0.15) is 11.4 Å². The van der Waals surface area contributed by atoms with Crippen LogP contribution in [-0.2, 0) is 14.3 Å². The van der Waals surface area contributed by atoms with Crippen LogP contribution in [0.15, 0.2) is 46.4 Å². The molecule has 2 aromatic rings. The monoisotopic (exact) mass is 491 g/mol. The fourth-order valence-corrected chi connectivity index (χ4v) is 5.08. The van der Waals surface area contributed by atoms with Crippen LogP contribution in [0.25, 0.3) is 6.08 Å². The predicted molar refractivity (Wildman–Crippen MR) is 130 cm³/mol. The van der Waals surface area contributed by atoms with Gasteiger partial charge in [-0.1, -0.05) is 29.4 Å². The lowest BCUT2D eigenvalue weighted by Gasteiger charge is -2.19. The summed E-state index contributed by atoms with van der Waals surface area (Å²) in [6.07, 6.45) is 3.80. The molecular weight excluding hydrogens is 470 g/mol. The fraction of sp³-hybridized carbons (Fsp3) is 0.318. The Balaban J connectivity index is 1.51. The molecule has 7 nitrogen and oxygen atoms in total. The maximum absolute atomic E-state index is 13.2. The van der Waals surface area contributed by atoms with Gasteiger partial charge in [-0.25, -0.2) is 4.99 Å². The van der Waals surface area contributed by atoms with Gasteiger partial charge in [0.05, 0.1) is 29.7 Å². The normalized spacial score (nSPS) is 19.5. The number of hydrogen-bond acceptors (Lipinski definition) is 7. The van der Waals surface area contributed by atoms with Crippen LogP contribution >= 0.6 is 34.7 Å². The minimum Gasteiger partial charge on any atom is -0.495 e. The summed E-state index contributed by atoms with van der Waals surface area (Å²) < 4.78 is 10.7. The Labute approximate surface area is 199 Å². The number of amides is 2. The zero-order valence-corrected chi connectivity index (χ0v) is 19.8. The van der Waals surface area contributed by atoms with Crippen molar-refractivity contribution < 1.29 is 19.1 Å². The van der Waals surface area contributed by atoms with Crippen LogP contribution < -0.4 is 15.0 Å². The molecule has 2 amide bonds. The largest absolute Gasteiger partial charge is 0.495 e. The second kappa shape index (κ2) is 10.5. The van der Waals surface area contributed by atoms with Gasteiger partial charge in [-0.3, -0.25) is 14.5 Å². The molecule has 0 saturated carbocycles. The first-order chi connectivity index (χ1) is 15.5. The van der Waals surface area contributed by atoms with Crippen LogP contribution in [0.3, 0.4) is 0 Å². The molecule has 0 radical (unpaired) electrons. The third-order valence-corrected chi connectivity index (χ3v) is 6.98. The molecule has 1 fully saturated rings. The topological polar surface area (TPSA) is 80.2 Å². The molecule has 1 atom stereocenters. The van der Waals surface area contributed by atoms with E-state index in [1.54, 1.807) is 24.3 Å². The van der Waals surface area contributed by atoms with Crippen molar-refractivity contribution in [1.29, 1.82) is 0 Å². The Bertz CT molecular complexity index is 1050. The average molecular weight is 492 g/mol. The van der Waals surface area contributed by atoms with Crippen molar-refractivity contribution in [2.24, 2.45) is 4.99 Å². The molecule has 0 unspecified atom stereocenters. The highest BCUT2D eigenvalue weighted by Gasteiger charge is 2.33. The first-order valence-corrected chi connectivity index (χ1v) is 12.3. The van der Waals surface area contributed by atoms with Crippen molar-refractivity contribution in [3.8, 4) is 5.75 Å². The summed E-state index contributed by atoms with van der Waals surface area (Å²) in [5.74, 6) is 0.230. The average Bonchev–Trinajstić information content (AvgIpc) is 3.54. The summed E-state index contributed by atoms with van der Waals surface area (Å²) in [7, 11) is 1.53. The van der Waals surface area contributed by atoms with Crippen LogP contribution in [-0.4, -0.2) is 49.1 Å². The van der Waals surface area contributed by atoms with Crippen molar-refractivity contribution in [2.45, 2.75) is 18.9 Å². The molecule has 1 aromatic heterocycles. The van der Waals surface area contributed by atoms with Crippen LogP contribution in [0.1, 0.15) is 17.7 Å². The van der Waals surface area contributed by atoms with Gasteiger partial charge >= 0.3 is 0 Å². The van der Waals surface area contributed by atoms with Crippen LogP contribution in [0, 0.1) is 0 Å². The van der Waals surface area contributed by atoms with Crippen molar-refractivity contribution in [2.75, 3.05) is 30.9 Å². The van der Waals surface area contributed by atoms with E-state index in [9.17, 15) is 9.59 Å². The molecule has 32 heavy (non-hydrogen) atoms. The smallest absolute Gasteiger partial charge is 0.283 e. The molecule has 1 aromatic carbocycles. The number of carbonyl (C=O) groups excluding carboxylic acids is 2. The molecule has 0 bridgehead atoms. The molecule has 0 spiro atoms. The van der Waals surface area contributed by atoms with Crippen molar-refractivity contribution >= 4 is 63.4 Å². The van der Waals surface area contributed by atoms with E-state index >= 15 is 0 Å². The lowest BCUT2D eigenvalue weighted by atomic mass is 10.2. The highest BCUT2D eigenvalue weighted by Crippen LogP contribution is 2.34. The number of nitrogens with one attached hydrogen (secondary N) is 1. The summed E-state index contributed by atoms with van der Waals surface area (Å²) in [4.78, 5) is 32.5. The van der Waals surface area contributed by atoms with Gasteiger partial charge in [0.15, 0.2) is 5.17 Å². The number of nitrogens with zero attached hydrogens (tertiary/aromatic N) is 2. The standard InChI is InChI=1S/C22H22ClN3O4S2/c1-29-19-7-6-14(10-17(19)23)26-21(28)18(11-16-5-3-9-31-16)25-22(26)32-13-20(27)24-12-15-4-2-8-30-15/h3,5-7,9-11,15H,2,4,8,12-13H2,1H3,(H,24,27)/b18-11+/t15-/m0/s1. The number of carbonyl (C=O) groups is 2. The summed E-state index contributed by atoms with van der Waals surface area (Å²) in [5, 5.41) is 5.63. The van der Waals surface area contributed by atoms with E-state index in [2.05, 4.69) is 10.3 Å². The quantitative estimate of drug-likeness (QED) is 0.587. The zero-order chi connectivity index (χ0) is 22.5. The van der Waals surface area contributed by atoms with Crippen LogP contribution in [0.4, 0.5) is 5.69 Å². The molecule has 2 aliphatic rings. The molecule has 168 valence electrons. The van der Waals surface area contributed by atoms with E-state index in [1.807, 2.05) is 17.5 Å². The number of methoxy groups -OCH3 is 1. The zero-order valence-electron chi connectivity index (χ0n) is 17.4. The van der Waals surface area contributed by atoms with Gasteiger partial charge in [-0.15, -0.1) is 11.3 Å². The van der Waals surface area contributed by atoms with Gasteiger partial charge in [0.2, 0.25) is 5.91 Å². The number of thioether (sulfide) groups is 1. The minimum absolute atomic E-state index is 0.0765. The van der Waals surface area contributed by atoms with E-state index in [0.717, 1.165) is 24.3 Å². The Morgan fingerprint density at radius 2 is 2.34 bits per heavy atom. The Hall–Kier alpha value is -2.33. The lowest BCUT2D eigenvalue weighted by Crippen LogP contribution is -2.35. The molecule has 10 heteroatoms. The maximum Gasteiger partial charge on any atom is 0.283 e. The molecule has 4 rings (SSSR count). The van der Waals surface area contributed by atoms with E-state index in [1.165, 1.54) is 35.1 Å². The Kier molecular flexibility index (Phi) is 7.51. The number of thiophene rings is 1.